The van der Waals surface area contributed by atoms with Gasteiger partial charge in [-0.2, -0.15) is 16.9 Å². The second kappa shape index (κ2) is 6.99. The summed E-state index contributed by atoms with van der Waals surface area (Å²) in [6.45, 7) is 10.1. The Morgan fingerprint density at radius 1 is 1.50 bits per heavy atom. The Balaban J connectivity index is 2.06. The third-order valence-corrected chi connectivity index (χ3v) is 5.87. The summed E-state index contributed by atoms with van der Waals surface area (Å²) in [5.74, 6) is 1.31. The lowest BCUT2D eigenvalue weighted by Crippen LogP contribution is -2.47. The molecule has 1 fully saturated rings. The molecule has 0 aliphatic carbocycles. The number of thioether (sulfide) groups is 1. The SMILES string of the molecule is CCCNC(Cc1ccn(C(C)C)n1)C1(C)CCCS1. The van der Waals surface area contributed by atoms with Gasteiger partial charge in [0.05, 0.1) is 5.69 Å². The van der Waals surface area contributed by atoms with Gasteiger partial charge in [-0.1, -0.05) is 6.92 Å². The molecule has 3 nitrogen and oxygen atoms in total. The Kier molecular flexibility index (Phi) is 5.56. The molecule has 1 saturated heterocycles. The average Bonchev–Trinajstić information content (AvgIpc) is 3.04. The van der Waals surface area contributed by atoms with Crippen molar-refractivity contribution in [3.63, 3.8) is 0 Å². The van der Waals surface area contributed by atoms with E-state index in [1.807, 2.05) is 0 Å². The Hall–Kier alpha value is -0.480. The average molecular weight is 295 g/mol. The number of aromatic nitrogens is 2. The van der Waals surface area contributed by atoms with Crippen molar-refractivity contribution in [1.82, 2.24) is 15.1 Å². The fourth-order valence-corrected chi connectivity index (χ4v) is 4.29. The number of hydrogen-bond donors (Lipinski definition) is 1. The largest absolute Gasteiger partial charge is 0.312 e. The van der Waals surface area contributed by atoms with Crippen molar-refractivity contribution in [2.24, 2.45) is 0 Å². The Morgan fingerprint density at radius 3 is 2.85 bits per heavy atom. The summed E-state index contributed by atoms with van der Waals surface area (Å²) in [5, 5.41) is 8.50. The molecule has 1 aliphatic rings. The van der Waals surface area contributed by atoms with Gasteiger partial charge in [0, 0.05) is 29.4 Å². The number of rotatable bonds is 7. The van der Waals surface area contributed by atoms with Crippen LogP contribution in [0.2, 0.25) is 0 Å². The molecule has 0 saturated carbocycles. The molecule has 0 bridgehead atoms. The van der Waals surface area contributed by atoms with Gasteiger partial charge in [0.15, 0.2) is 0 Å². The van der Waals surface area contributed by atoms with E-state index in [9.17, 15) is 0 Å². The number of nitrogens with zero attached hydrogens (tertiary/aromatic N) is 2. The second-order valence-corrected chi connectivity index (χ2v) is 7.99. The molecule has 1 aliphatic heterocycles. The van der Waals surface area contributed by atoms with Gasteiger partial charge in [-0.25, -0.2) is 0 Å². The van der Waals surface area contributed by atoms with E-state index in [0.29, 0.717) is 16.8 Å². The minimum atomic E-state index is 0.372. The fourth-order valence-electron chi connectivity index (χ4n) is 2.88. The normalized spacial score (nSPS) is 24.4. The van der Waals surface area contributed by atoms with Gasteiger partial charge < -0.3 is 5.32 Å². The molecule has 114 valence electrons. The van der Waals surface area contributed by atoms with Crippen LogP contribution in [0.25, 0.3) is 0 Å². The molecule has 1 aromatic rings. The van der Waals surface area contributed by atoms with E-state index >= 15 is 0 Å². The van der Waals surface area contributed by atoms with Crippen LogP contribution in [-0.4, -0.2) is 32.9 Å². The highest BCUT2D eigenvalue weighted by atomic mass is 32.2. The quantitative estimate of drug-likeness (QED) is 0.832. The van der Waals surface area contributed by atoms with Crippen LogP contribution in [0.15, 0.2) is 12.3 Å². The first-order chi connectivity index (χ1) is 9.55. The van der Waals surface area contributed by atoms with Gasteiger partial charge in [0.25, 0.3) is 0 Å². The van der Waals surface area contributed by atoms with E-state index in [-0.39, 0.29) is 0 Å². The first-order valence-electron chi connectivity index (χ1n) is 7.96. The van der Waals surface area contributed by atoms with Crippen molar-refractivity contribution in [2.45, 2.75) is 70.2 Å². The lowest BCUT2D eigenvalue weighted by atomic mass is 9.92. The maximum atomic E-state index is 4.73. The molecular formula is C16H29N3S. The molecule has 2 atom stereocenters. The van der Waals surface area contributed by atoms with Crippen LogP contribution in [-0.2, 0) is 6.42 Å². The van der Waals surface area contributed by atoms with Crippen LogP contribution in [0.1, 0.15) is 58.7 Å². The molecule has 2 rings (SSSR count). The van der Waals surface area contributed by atoms with Gasteiger partial charge in [-0.05, 0) is 58.4 Å². The van der Waals surface area contributed by atoms with Crippen LogP contribution in [0.5, 0.6) is 0 Å². The zero-order chi connectivity index (χ0) is 14.6. The van der Waals surface area contributed by atoms with E-state index in [1.165, 1.54) is 30.7 Å². The topological polar surface area (TPSA) is 29.9 Å². The number of hydrogen-bond acceptors (Lipinski definition) is 3. The van der Waals surface area contributed by atoms with Gasteiger partial charge in [0.2, 0.25) is 0 Å². The Morgan fingerprint density at radius 2 is 2.30 bits per heavy atom. The van der Waals surface area contributed by atoms with Crippen molar-refractivity contribution in [1.29, 1.82) is 0 Å². The second-order valence-electron chi connectivity index (χ2n) is 6.36. The van der Waals surface area contributed by atoms with Gasteiger partial charge in [-0.3, -0.25) is 4.68 Å². The van der Waals surface area contributed by atoms with Crippen LogP contribution in [0, 0.1) is 0 Å². The summed E-state index contributed by atoms with van der Waals surface area (Å²) in [6.07, 6.45) is 7.03. The van der Waals surface area contributed by atoms with Gasteiger partial charge in [-0.15, -0.1) is 0 Å². The number of nitrogens with one attached hydrogen (secondary N) is 1. The van der Waals surface area contributed by atoms with Crippen LogP contribution in [0.3, 0.4) is 0 Å². The van der Waals surface area contributed by atoms with Gasteiger partial charge in [0.1, 0.15) is 0 Å². The van der Waals surface area contributed by atoms with Crippen molar-refractivity contribution < 1.29 is 0 Å². The molecule has 4 heteroatoms. The third kappa shape index (κ3) is 3.79. The van der Waals surface area contributed by atoms with Crippen molar-refractivity contribution in [3.05, 3.63) is 18.0 Å². The molecule has 0 aromatic carbocycles. The minimum Gasteiger partial charge on any atom is -0.312 e. The fraction of sp³-hybridized carbons (Fsp3) is 0.812. The first kappa shape index (κ1) is 15.9. The van der Waals surface area contributed by atoms with Crippen molar-refractivity contribution in [3.8, 4) is 0 Å². The summed E-state index contributed by atoms with van der Waals surface area (Å²) >= 11 is 2.14. The zero-order valence-corrected chi connectivity index (χ0v) is 14.2. The van der Waals surface area contributed by atoms with E-state index in [4.69, 9.17) is 5.10 Å². The van der Waals surface area contributed by atoms with Crippen LogP contribution < -0.4 is 5.32 Å². The molecular weight excluding hydrogens is 266 g/mol. The summed E-state index contributed by atoms with van der Waals surface area (Å²) in [7, 11) is 0. The highest BCUT2D eigenvalue weighted by Gasteiger charge is 2.37. The summed E-state index contributed by atoms with van der Waals surface area (Å²) < 4.78 is 2.44. The van der Waals surface area contributed by atoms with Gasteiger partial charge >= 0.3 is 0 Å². The predicted molar refractivity (Wildman–Crippen MR) is 88.5 cm³/mol. The predicted octanol–water partition coefficient (Wildman–Crippen LogP) is 3.66. The Bertz CT molecular complexity index is 408. The van der Waals surface area contributed by atoms with E-state index in [0.717, 1.165) is 13.0 Å². The standard InChI is InChI=1S/C16H29N3S/c1-5-9-17-15(16(4)8-6-11-20-16)12-14-7-10-19(18-14)13(2)3/h7,10,13,15,17H,5-6,8-9,11-12H2,1-4H3. The molecule has 2 unspecified atom stereocenters. The smallest absolute Gasteiger partial charge is 0.0640 e. The molecule has 0 spiro atoms. The monoisotopic (exact) mass is 295 g/mol. The van der Waals surface area contributed by atoms with E-state index in [1.54, 1.807) is 0 Å². The maximum absolute atomic E-state index is 4.73. The first-order valence-corrected chi connectivity index (χ1v) is 8.95. The van der Waals surface area contributed by atoms with E-state index in [2.05, 4.69) is 61.7 Å². The van der Waals surface area contributed by atoms with E-state index < -0.39 is 0 Å². The van der Waals surface area contributed by atoms with Crippen LogP contribution in [0.4, 0.5) is 0 Å². The molecule has 1 N–H and O–H groups in total. The molecule has 2 heterocycles. The molecule has 0 radical (unpaired) electrons. The highest BCUT2D eigenvalue weighted by molar-refractivity contribution is 8.00. The molecule has 20 heavy (non-hydrogen) atoms. The lowest BCUT2D eigenvalue weighted by Gasteiger charge is -2.34. The summed E-state index contributed by atoms with van der Waals surface area (Å²) in [6, 6.07) is 3.16. The summed E-state index contributed by atoms with van der Waals surface area (Å²) in [5.41, 5.74) is 1.22. The molecule has 0 amide bonds. The Labute approximate surface area is 127 Å². The minimum absolute atomic E-state index is 0.372. The zero-order valence-electron chi connectivity index (χ0n) is 13.4. The molecule has 1 aromatic heterocycles. The van der Waals surface area contributed by atoms with Crippen LogP contribution >= 0.6 is 11.8 Å². The van der Waals surface area contributed by atoms with Crippen molar-refractivity contribution >= 4 is 11.8 Å². The maximum Gasteiger partial charge on any atom is 0.0640 e. The van der Waals surface area contributed by atoms with Crippen molar-refractivity contribution in [2.75, 3.05) is 12.3 Å². The lowest BCUT2D eigenvalue weighted by molar-refractivity contribution is 0.393. The highest BCUT2D eigenvalue weighted by Crippen LogP contribution is 2.41. The summed E-state index contributed by atoms with van der Waals surface area (Å²) in [4.78, 5) is 0. The third-order valence-electron chi connectivity index (χ3n) is 4.23.